The molecule has 114 valence electrons. The smallest absolute Gasteiger partial charge is 0.239 e. The molecule has 0 aromatic heterocycles. The number of Topliss-reactive ketones (excluding diaryl/α,β-unsaturated/α-hetero) is 1. The molecule has 1 unspecified atom stereocenters. The van der Waals surface area contributed by atoms with Gasteiger partial charge in [-0.25, -0.2) is 0 Å². The van der Waals surface area contributed by atoms with E-state index in [0.29, 0.717) is 31.9 Å². The van der Waals surface area contributed by atoms with E-state index in [4.69, 9.17) is 4.74 Å². The van der Waals surface area contributed by atoms with Gasteiger partial charge in [-0.05, 0) is 31.2 Å². The van der Waals surface area contributed by atoms with Gasteiger partial charge in [0.1, 0.15) is 11.8 Å². The van der Waals surface area contributed by atoms with E-state index >= 15 is 0 Å². The molecule has 6 heteroatoms. The fraction of sp³-hybridized carbons (Fsp3) is 0.467. The van der Waals surface area contributed by atoms with Crippen molar-refractivity contribution in [2.45, 2.75) is 13.0 Å². The Hall–Kier alpha value is -1.92. The van der Waals surface area contributed by atoms with Crippen LogP contribution in [0.2, 0.25) is 0 Å². The van der Waals surface area contributed by atoms with Gasteiger partial charge in [0.05, 0.1) is 19.8 Å². The monoisotopic (exact) mass is 292 g/mol. The molecule has 1 aromatic carbocycles. The summed E-state index contributed by atoms with van der Waals surface area (Å²) in [5.74, 6) is -0.0694. The van der Waals surface area contributed by atoms with Crippen LogP contribution in [-0.4, -0.2) is 60.6 Å². The highest BCUT2D eigenvalue weighted by Crippen LogP contribution is 2.13. The predicted molar refractivity (Wildman–Crippen MR) is 77.3 cm³/mol. The third-order valence-electron chi connectivity index (χ3n) is 3.43. The summed E-state index contributed by atoms with van der Waals surface area (Å²) in [5, 5.41) is 12.0. The number of amides is 1. The number of nitrogens with one attached hydrogen (secondary N) is 1. The normalized spacial score (nSPS) is 19.2. The summed E-state index contributed by atoms with van der Waals surface area (Å²) < 4.78 is 5.34. The maximum absolute atomic E-state index is 12.3. The van der Waals surface area contributed by atoms with E-state index < -0.39 is 6.04 Å². The Morgan fingerprint density at radius 2 is 2.10 bits per heavy atom. The summed E-state index contributed by atoms with van der Waals surface area (Å²) in [6.45, 7) is 3.93. The molecule has 1 aliphatic heterocycles. The zero-order valence-corrected chi connectivity index (χ0v) is 12.0. The second-order valence-corrected chi connectivity index (χ2v) is 4.93. The van der Waals surface area contributed by atoms with E-state index in [1.807, 2.05) is 11.8 Å². The first-order chi connectivity index (χ1) is 10.1. The third kappa shape index (κ3) is 4.03. The highest BCUT2D eigenvalue weighted by atomic mass is 16.5. The van der Waals surface area contributed by atoms with Gasteiger partial charge in [0.15, 0.2) is 5.78 Å². The Morgan fingerprint density at radius 3 is 2.76 bits per heavy atom. The van der Waals surface area contributed by atoms with Crippen molar-refractivity contribution in [3.63, 3.8) is 0 Å². The summed E-state index contributed by atoms with van der Waals surface area (Å²) in [7, 11) is 0. The fourth-order valence-electron chi connectivity index (χ4n) is 2.28. The molecule has 0 bridgehead atoms. The van der Waals surface area contributed by atoms with Crippen molar-refractivity contribution in [3.8, 4) is 5.75 Å². The average molecular weight is 292 g/mol. The topological polar surface area (TPSA) is 78.9 Å². The lowest BCUT2D eigenvalue weighted by Crippen LogP contribution is -2.55. The lowest BCUT2D eigenvalue weighted by Gasteiger charge is -2.33. The van der Waals surface area contributed by atoms with Gasteiger partial charge in [-0.15, -0.1) is 0 Å². The van der Waals surface area contributed by atoms with Crippen molar-refractivity contribution in [2.75, 3.05) is 32.8 Å². The summed E-state index contributed by atoms with van der Waals surface area (Å²) >= 11 is 0. The minimum atomic E-state index is -0.431. The van der Waals surface area contributed by atoms with Gasteiger partial charge in [-0.2, -0.15) is 0 Å². The minimum Gasteiger partial charge on any atom is -0.508 e. The predicted octanol–water partition coefficient (Wildman–Crippen LogP) is 0.412. The first-order valence-electron chi connectivity index (χ1n) is 7.03. The molecular formula is C15H20N2O4. The van der Waals surface area contributed by atoms with Crippen LogP contribution in [0.5, 0.6) is 5.75 Å². The number of ether oxygens (including phenoxy) is 1. The third-order valence-corrected chi connectivity index (χ3v) is 3.43. The number of carbonyl (C=O) groups excluding carboxylic acids is 2. The number of hydrogen-bond donors (Lipinski definition) is 2. The van der Waals surface area contributed by atoms with E-state index in [9.17, 15) is 14.7 Å². The van der Waals surface area contributed by atoms with Crippen molar-refractivity contribution in [2.24, 2.45) is 0 Å². The zero-order valence-electron chi connectivity index (χ0n) is 12.0. The van der Waals surface area contributed by atoms with Gasteiger partial charge in [-0.3, -0.25) is 14.5 Å². The first kappa shape index (κ1) is 15.5. The van der Waals surface area contributed by atoms with Gasteiger partial charge in [0.2, 0.25) is 5.91 Å². The number of likely N-dealkylation sites (N-methyl/N-ethyl adjacent to an activating group) is 1. The number of ketones is 1. The van der Waals surface area contributed by atoms with Gasteiger partial charge in [0, 0.05) is 18.7 Å². The highest BCUT2D eigenvalue weighted by molar-refractivity contribution is 5.98. The summed E-state index contributed by atoms with van der Waals surface area (Å²) in [6.07, 6.45) is 0. The number of benzene rings is 1. The lowest BCUT2D eigenvalue weighted by atomic mass is 10.1. The van der Waals surface area contributed by atoms with Crippen LogP contribution in [0, 0.1) is 0 Å². The number of hydrogen-bond acceptors (Lipinski definition) is 5. The summed E-state index contributed by atoms with van der Waals surface area (Å²) in [6, 6.07) is 5.69. The molecule has 1 amide bonds. The van der Waals surface area contributed by atoms with E-state index in [1.54, 1.807) is 12.1 Å². The molecular weight excluding hydrogens is 272 g/mol. The maximum atomic E-state index is 12.3. The Morgan fingerprint density at radius 1 is 1.38 bits per heavy atom. The molecule has 1 fully saturated rings. The van der Waals surface area contributed by atoms with Crippen molar-refractivity contribution in [1.82, 2.24) is 10.2 Å². The number of morpholine rings is 1. The molecule has 2 N–H and O–H groups in total. The SMILES string of the molecule is CCNC(=O)C1COCCN1CC(=O)c1ccc(O)cc1. The van der Waals surface area contributed by atoms with E-state index in [2.05, 4.69) is 5.32 Å². The molecule has 0 radical (unpaired) electrons. The second kappa shape index (κ2) is 7.19. The number of nitrogens with zero attached hydrogens (tertiary/aromatic N) is 1. The molecule has 1 aliphatic rings. The molecule has 0 aliphatic carbocycles. The van der Waals surface area contributed by atoms with Crippen LogP contribution in [0.1, 0.15) is 17.3 Å². The quantitative estimate of drug-likeness (QED) is 0.769. The van der Waals surface area contributed by atoms with Crippen LogP contribution >= 0.6 is 0 Å². The number of phenols is 1. The number of aromatic hydroxyl groups is 1. The fourth-order valence-corrected chi connectivity index (χ4v) is 2.28. The van der Waals surface area contributed by atoms with Crippen molar-refractivity contribution < 1.29 is 19.4 Å². The maximum Gasteiger partial charge on any atom is 0.239 e. The molecule has 0 saturated carbocycles. The second-order valence-electron chi connectivity index (χ2n) is 4.93. The largest absolute Gasteiger partial charge is 0.508 e. The molecule has 0 spiro atoms. The highest BCUT2D eigenvalue weighted by Gasteiger charge is 2.30. The number of rotatable bonds is 5. The average Bonchev–Trinajstić information content (AvgIpc) is 2.48. The van der Waals surface area contributed by atoms with Crippen molar-refractivity contribution in [3.05, 3.63) is 29.8 Å². The molecule has 6 nitrogen and oxygen atoms in total. The van der Waals surface area contributed by atoms with Gasteiger partial charge in [-0.1, -0.05) is 0 Å². The van der Waals surface area contributed by atoms with Crippen molar-refractivity contribution in [1.29, 1.82) is 0 Å². The number of phenolic OH excluding ortho intramolecular Hbond substituents is 1. The van der Waals surface area contributed by atoms with E-state index in [-0.39, 0.29) is 24.0 Å². The van der Waals surface area contributed by atoms with Gasteiger partial charge >= 0.3 is 0 Å². The van der Waals surface area contributed by atoms with Crippen LogP contribution in [0.4, 0.5) is 0 Å². The van der Waals surface area contributed by atoms with Crippen LogP contribution in [0.15, 0.2) is 24.3 Å². The Balaban J connectivity index is 2.03. The molecule has 1 saturated heterocycles. The molecule has 1 aromatic rings. The first-order valence-corrected chi connectivity index (χ1v) is 7.03. The Kier molecular flexibility index (Phi) is 5.30. The summed E-state index contributed by atoms with van der Waals surface area (Å²) in [5.41, 5.74) is 0.522. The van der Waals surface area contributed by atoms with E-state index in [1.165, 1.54) is 12.1 Å². The Bertz CT molecular complexity index is 501. The molecule has 2 rings (SSSR count). The van der Waals surface area contributed by atoms with E-state index in [0.717, 1.165) is 0 Å². The Labute approximate surface area is 123 Å². The van der Waals surface area contributed by atoms with Crippen LogP contribution in [0.25, 0.3) is 0 Å². The molecule has 1 atom stereocenters. The van der Waals surface area contributed by atoms with Crippen LogP contribution in [-0.2, 0) is 9.53 Å². The molecule has 21 heavy (non-hydrogen) atoms. The van der Waals surface area contributed by atoms with Gasteiger partial charge in [0.25, 0.3) is 0 Å². The van der Waals surface area contributed by atoms with Crippen molar-refractivity contribution >= 4 is 11.7 Å². The van der Waals surface area contributed by atoms with Gasteiger partial charge < -0.3 is 15.2 Å². The van der Waals surface area contributed by atoms with Crippen LogP contribution < -0.4 is 5.32 Å². The zero-order chi connectivity index (χ0) is 15.2. The molecule has 1 heterocycles. The standard InChI is InChI=1S/C15H20N2O4/c1-2-16-15(20)13-10-21-8-7-17(13)9-14(19)11-3-5-12(18)6-4-11/h3-6,13,18H,2,7-10H2,1H3,(H,16,20). The van der Waals surface area contributed by atoms with Crippen LogP contribution in [0.3, 0.4) is 0 Å². The number of carbonyl (C=O) groups is 2. The summed E-state index contributed by atoms with van der Waals surface area (Å²) in [4.78, 5) is 26.1. The lowest BCUT2D eigenvalue weighted by molar-refractivity contribution is -0.131. The minimum absolute atomic E-state index is 0.0776.